The molecule has 3 N–H and O–H groups in total. The molecule has 1 fully saturated rings. The quantitative estimate of drug-likeness (QED) is 0.282. The number of nitrogens with zero attached hydrogens (tertiary/aromatic N) is 2. The minimum atomic E-state index is -0.537. The Morgan fingerprint density at radius 1 is 1.09 bits per heavy atom. The van der Waals surface area contributed by atoms with E-state index in [1.807, 2.05) is 50.2 Å². The van der Waals surface area contributed by atoms with Gasteiger partial charge in [-0.1, -0.05) is 30.3 Å². The van der Waals surface area contributed by atoms with E-state index in [0.717, 1.165) is 27.8 Å². The molecule has 43 heavy (non-hydrogen) atoms. The maximum absolute atomic E-state index is 15.5. The highest BCUT2D eigenvalue weighted by Crippen LogP contribution is 2.37. The van der Waals surface area contributed by atoms with Gasteiger partial charge < -0.3 is 25.3 Å². The Bertz CT molecular complexity index is 1760. The lowest BCUT2D eigenvalue weighted by atomic mass is 9.90. The number of aryl methyl sites for hydroxylation is 1. The highest BCUT2D eigenvalue weighted by Gasteiger charge is 2.21. The predicted octanol–water partition coefficient (Wildman–Crippen LogP) is 4.50. The van der Waals surface area contributed by atoms with E-state index in [0.29, 0.717) is 42.0 Å². The van der Waals surface area contributed by atoms with Crippen LogP contribution in [0.15, 0.2) is 65.8 Å². The molecule has 2 heterocycles. The van der Waals surface area contributed by atoms with Crippen LogP contribution >= 0.6 is 0 Å². The van der Waals surface area contributed by atoms with E-state index in [9.17, 15) is 14.4 Å². The van der Waals surface area contributed by atoms with Gasteiger partial charge in [-0.05, 0) is 71.8 Å². The van der Waals surface area contributed by atoms with Crippen LogP contribution in [-0.2, 0) is 18.4 Å². The summed E-state index contributed by atoms with van der Waals surface area (Å²) in [7, 11) is 3.07. The van der Waals surface area contributed by atoms with Crippen LogP contribution in [0.25, 0.3) is 22.3 Å². The number of carbonyl (C=O) groups is 2. The summed E-state index contributed by atoms with van der Waals surface area (Å²) in [5.74, 6) is -0.444. The van der Waals surface area contributed by atoms with E-state index in [1.54, 1.807) is 13.1 Å². The number of amides is 2. The van der Waals surface area contributed by atoms with Crippen molar-refractivity contribution in [2.24, 2.45) is 7.05 Å². The lowest BCUT2D eigenvalue weighted by Gasteiger charge is -2.24. The molecule has 3 aromatic carbocycles. The molecule has 0 radical (unpaired) electrons. The first-order chi connectivity index (χ1) is 20.7. The SMILES string of the molecule is COc1cc(-c2cccc(-c3cccc(NC(=O)c4cncn(C)c4=O)c3C)c2C)cc(F)c1CN[C@@H]1CCC(=O)NC1. The van der Waals surface area contributed by atoms with Crippen molar-refractivity contribution < 1.29 is 18.7 Å². The molecule has 1 aromatic heterocycles. The molecule has 222 valence electrons. The van der Waals surface area contributed by atoms with E-state index in [-0.39, 0.29) is 29.9 Å². The zero-order valence-electron chi connectivity index (χ0n) is 24.6. The van der Waals surface area contributed by atoms with Crippen LogP contribution in [0.5, 0.6) is 5.75 Å². The molecular formula is C33H34FN5O4. The second-order valence-corrected chi connectivity index (χ2v) is 10.7. The van der Waals surface area contributed by atoms with Crippen LogP contribution in [0.4, 0.5) is 10.1 Å². The molecule has 4 aromatic rings. The molecule has 1 aliphatic heterocycles. The maximum Gasteiger partial charge on any atom is 0.265 e. The third-order valence-electron chi connectivity index (χ3n) is 7.96. The second-order valence-electron chi connectivity index (χ2n) is 10.7. The van der Waals surface area contributed by atoms with Crippen LogP contribution in [-0.4, -0.2) is 41.1 Å². The van der Waals surface area contributed by atoms with Crippen LogP contribution in [0.1, 0.15) is 39.9 Å². The van der Waals surface area contributed by atoms with E-state index in [1.165, 1.54) is 30.3 Å². The van der Waals surface area contributed by atoms with E-state index < -0.39 is 11.5 Å². The lowest BCUT2D eigenvalue weighted by molar-refractivity contribution is -0.122. The van der Waals surface area contributed by atoms with Gasteiger partial charge >= 0.3 is 0 Å². The number of piperidine rings is 1. The number of methoxy groups -OCH3 is 1. The summed E-state index contributed by atoms with van der Waals surface area (Å²) in [6, 6.07) is 14.9. The van der Waals surface area contributed by atoms with Crippen molar-refractivity contribution >= 4 is 17.5 Å². The van der Waals surface area contributed by atoms with Gasteiger partial charge in [-0.15, -0.1) is 0 Å². The van der Waals surface area contributed by atoms with Gasteiger partial charge in [-0.2, -0.15) is 0 Å². The van der Waals surface area contributed by atoms with E-state index in [4.69, 9.17) is 4.74 Å². The zero-order chi connectivity index (χ0) is 30.7. The first-order valence-corrected chi connectivity index (χ1v) is 14.1. The number of hydrogen-bond acceptors (Lipinski definition) is 6. The molecule has 1 atom stereocenters. The number of halogens is 1. The van der Waals surface area contributed by atoms with Gasteiger partial charge in [0.25, 0.3) is 11.5 Å². The fourth-order valence-corrected chi connectivity index (χ4v) is 5.43. The molecule has 9 nitrogen and oxygen atoms in total. The first-order valence-electron chi connectivity index (χ1n) is 14.1. The topological polar surface area (TPSA) is 114 Å². The van der Waals surface area contributed by atoms with Crippen molar-refractivity contribution in [1.82, 2.24) is 20.2 Å². The highest BCUT2D eigenvalue weighted by molar-refractivity contribution is 6.04. The molecule has 0 saturated carbocycles. The Balaban J connectivity index is 1.43. The minimum absolute atomic E-state index is 0.0345. The Hall–Kier alpha value is -4.83. The molecule has 2 amide bonds. The molecule has 0 spiro atoms. The van der Waals surface area contributed by atoms with E-state index >= 15 is 4.39 Å². The molecule has 1 saturated heterocycles. The van der Waals surface area contributed by atoms with Crippen molar-refractivity contribution in [2.75, 3.05) is 19.0 Å². The van der Waals surface area contributed by atoms with E-state index in [2.05, 4.69) is 20.9 Å². The number of nitrogens with one attached hydrogen (secondary N) is 3. The number of anilines is 1. The van der Waals surface area contributed by atoms with Gasteiger partial charge in [0, 0.05) is 50.0 Å². The largest absolute Gasteiger partial charge is 0.496 e. The van der Waals surface area contributed by atoms with Crippen LogP contribution < -0.4 is 26.2 Å². The van der Waals surface area contributed by atoms with Gasteiger partial charge in [-0.25, -0.2) is 9.37 Å². The third kappa shape index (κ3) is 6.19. The Morgan fingerprint density at radius 3 is 2.53 bits per heavy atom. The molecular weight excluding hydrogens is 549 g/mol. The number of ether oxygens (including phenoxy) is 1. The van der Waals surface area contributed by atoms with Crippen molar-refractivity contribution in [1.29, 1.82) is 0 Å². The molecule has 1 aliphatic rings. The molecule has 5 rings (SSSR count). The van der Waals surface area contributed by atoms with Gasteiger partial charge in [0.1, 0.15) is 17.1 Å². The Kier molecular flexibility index (Phi) is 8.68. The standard InChI is InChI=1S/C33H34FN5O4/c1-19-23(21-13-28(34)26(30(14-21)43-4)17-36-22-11-12-31(40)37-15-22)7-5-8-24(19)25-9-6-10-29(20(25)2)38-32(41)27-16-35-18-39(3)33(27)42/h5-10,13-14,16,18,22,36H,11-12,15,17H2,1-4H3,(H,37,40)(H,38,41)/t22-/m1/s1. The predicted molar refractivity (Wildman–Crippen MR) is 164 cm³/mol. The van der Waals surface area contributed by atoms with Gasteiger partial charge in [0.2, 0.25) is 5.91 Å². The van der Waals surface area contributed by atoms with Crippen LogP contribution in [0.3, 0.4) is 0 Å². The summed E-state index contributed by atoms with van der Waals surface area (Å²) in [6.07, 6.45) is 3.76. The molecule has 0 unspecified atom stereocenters. The lowest BCUT2D eigenvalue weighted by Crippen LogP contribution is -2.45. The maximum atomic E-state index is 15.5. The summed E-state index contributed by atoms with van der Waals surface area (Å²) < 4.78 is 22.4. The fraction of sp³-hybridized carbons (Fsp3) is 0.273. The number of aromatic nitrogens is 2. The van der Waals surface area contributed by atoms with Crippen molar-refractivity contribution in [3.63, 3.8) is 0 Å². The van der Waals surface area contributed by atoms with Gasteiger partial charge in [0.05, 0.1) is 13.4 Å². The number of rotatable bonds is 8. The number of benzene rings is 3. The smallest absolute Gasteiger partial charge is 0.265 e. The summed E-state index contributed by atoms with van der Waals surface area (Å²) in [5, 5.41) is 9.01. The molecule has 10 heteroatoms. The number of hydrogen-bond donors (Lipinski definition) is 3. The average Bonchev–Trinajstić information content (AvgIpc) is 2.99. The minimum Gasteiger partial charge on any atom is -0.496 e. The average molecular weight is 584 g/mol. The Morgan fingerprint density at radius 2 is 1.81 bits per heavy atom. The molecule has 0 bridgehead atoms. The van der Waals surface area contributed by atoms with Gasteiger partial charge in [0.15, 0.2) is 0 Å². The van der Waals surface area contributed by atoms with Crippen LogP contribution in [0.2, 0.25) is 0 Å². The summed E-state index contributed by atoms with van der Waals surface area (Å²) in [6.45, 7) is 4.67. The third-order valence-corrected chi connectivity index (χ3v) is 7.96. The van der Waals surface area contributed by atoms with Crippen molar-refractivity contribution in [2.45, 2.75) is 39.3 Å². The monoisotopic (exact) mass is 583 g/mol. The summed E-state index contributed by atoms with van der Waals surface area (Å²) in [4.78, 5) is 40.7. The normalized spacial score (nSPS) is 14.7. The molecule has 0 aliphatic carbocycles. The van der Waals surface area contributed by atoms with Crippen LogP contribution in [0, 0.1) is 19.7 Å². The first kappa shape index (κ1) is 29.7. The zero-order valence-corrected chi connectivity index (χ0v) is 24.6. The van der Waals surface area contributed by atoms with Crippen molar-refractivity contribution in [3.8, 4) is 28.0 Å². The summed E-state index contributed by atoms with van der Waals surface area (Å²) >= 11 is 0. The fourth-order valence-electron chi connectivity index (χ4n) is 5.43. The highest BCUT2D eigenvalue weighted by atomic mass is 19.1. The second kappa shape index (κ2) is 12.6. The summed E-state index contributed by atoms with van der Waals surface area (Å²) in [5.41, 5.74) is 5.61. The number of carbonyl (C=O) groups excluding carboxylic acids is 2. The Labute approximate surface area is 249 Å². The van der Waals surface area contributed by atoms with Gasteiger partial charge in [-0.3, -0.25) is 14.4 Å². The van der Waals surface area contributed by atoms with Crippen molar-refractivity contribution in [3.05, 3.63) is 99.5 Å².